The van der Waals surface area contributed by atoms with E-state index in [2.05, 4.69) is 0 Å². The summed E-state index contributed by atoms with van der Waals surface area (Å²) in [5.41, 5.74) is 1.05. The highest BCUT2D eigenvalue weighted by Crippen LogP contribution is 2.49. The van der Waals surface area contributed by atoms with Gasteiger partial charge in [-0.3, -0.25) is 4.79 Å². The second kappa shape index (κ2) is 4.60. The van der Waals surface area contributed by atoms with Gasteiger partial charge in [-0.2, -0.15) is 0 Å². The van der Waals surface area contributed by atoms with Crippen LogP contribution in [0, 0.1) is 5.82 Å². The van der Waals surface area contributed by atoms with E-state index in [0.717, 1.165) is 5.56 Å². The predicted molar refractivity (Wildman–Crippen MR) is 75.4 cm³/mol. The molecule has 0 heterocycles. The maximum atomic E-state index is 13.9. The molecule has 2 aromatic carbocycles. The van der Waals surface area contributed by atoms with E-state index in [1.807, 2.05) is 0 Å². The van der Waals surface area contributed by atoms with Crippen LogP contribution in [0.1, 0.15) is 18.4 Å². The minimum atomic E-state index is -0.814. The third-order valence-electron chi connectivity index (χ3n) is 3.82. The summed E-state index contributed by atoms with van der Waals surface area (Å²) in [6.07, 6.45) is 1.27. The van der Waals surface area contributed by atoms with Crippen LogP contribution in [0.5, 0.6) is 0 Å². The highest BCUT2D eigenvalue weighted by atomic mass is 35.5. The highest BCUT2D eigenvalue weighted by molar-refractivity contribution is 6.30. The molecule has 1 fully saturated rings. The summed E-state index contributed by atoms with van der Waals surface area (Å²) >= 11 is 5.74. The topological polar surface area (TPSA) is 37.3 Å². The van der Waals surface area contributed by atoms with Gasteiger partial charge in [0.1, 0.15) is 5.82 Å². The van der Waals surface area contributed by atoms with Crippen molar-refractivity contribution >= 4 is 17.6 Å². The van der Waals surface area contributed by atoms with Gasteiger partial charge in [0.15, 0.2) is 0 Å². The van der Waals surface area contributed by atoms with E-state index in [0.29, 0.717) is 29.0 Å². The Balaban J connectivity index is 2.06. The Hall–Kier alpha value is -1.87. The van der Waals surface area contributed by atoms with Crippen molar-refractivity contribution in [3.63, 3.8) is 0 Å². The second-order valence-electron chi connectivity index (χ2n) is 5.09. The summed E-state index contributed by atoms with van der Waals surface area (Å²) in [6, 6.07) is 11.6. The summed E-state index contributed by atoms with van der Waals surface area (Å²) < 4.78 is 13.9. The smallest absolute Gasteiger partial charge is 0.314 e. The number of hydrogen-bond acceptors (Lipinski definition) is 1. The SMILES string of the molecule is O=C(O)C1(c2cccc(-c3ccc(Cl)cc3F)c2)CC1. The lowest BCUT2D eigenvalue weighted by molar-refractivity contribution is -0.140. The largest absolute Gasteiger partial charge is 0.481 e. The van der Waals surface area contributed by atoms with Crippen LogP contribution in [0.4, 0.5) is 4.39 Å². The first-order valence-electron chi connectivity index (χ1n) is 6.32. The van der Waals surface area contributed by atoms with Gasteiger partial charge in [-0.25, -0.2) is 4.39 Å². The summed E-state index contributed by atoms with van der Waals surface area (Å²) in [7, 11) is 0. The Kier molecular flexibility index (Phi) is 3.02. The molecule has 0 radical (unpaired) electrons. The van der Waals surface area contributed by atoms with Crippen LogP contribution in [0.3, 0.4) is 0 Å². The van der Waals surface area contributed by atoms with Gasteiger partial charge in [-0.1, -0.05) is 29.8 Å². The number of carboxylic acid groups (broad SMARTS) is 1. The maximum absolute atomic E-state index is 13.9. The monoisotopic (exact) mass is 290 g/mol. The van der Waals surface area contributed by atoms with Crippen molar-refractivity contribution in [2.75, 3.05) is 0 Å². The van der Waals surface area contributed by atoms with Crippen molar-refractivity contribution in [2.24, 2.45) is 0 Å². The molecule has 102 valence electrons. The van der Waals surface area contributed by atoms with Gasteiger partial charge in [0.05, 0.1) is 5.41 Å². The van der Waals surface area contributed by atoms with E-state index >= 15 is 0 Å². The van der Waals surface area contributed by atoms with Gasteiger partial charge in [-0.05, 0) is 48.2 Å². The molecule has 3 rings (SSSR count). The van der Waals surface area contributed by atoms with E-state index in [9.17, 15) is 14.3 Å². The summed E-state index contributed by atoms with van der Waals surface area (Å²) in [6.45, 7) is 0. The number of aliphatic carboxylic acids is 1. The molecular weight excluding hydrogens is 279 g/mol. The molecule has 20 heavy (non-hydrogen) atoms. The van der Waals surface area contributed by atoms with Gasteiger partial charge >= 0.3 is 5.97 Å². The molecule has 0 saturated heterocycles. The minimum absolute atomic E-state index is 0.339. The van der Waals surface area contributed by atoms with Gasteiger partial charge in [0.2, 0.25) is 0 Å². The molecule has 1 aliphatic carbocycles. The fourth-order valence-electron chi connectivity index (χ4n) is 2.46. The van der Waals surface area contributed by atoms with Crippen LogP contribution < -0.4 is 0 Å². The molecule has 0 unspecified atom stereocenters. The van der Waals surface area contributed by atoms with Crippen molar-refractivity contribution in [1.82, 2.24) is 0 Å². The standard InChI is InChI=1S/C16H12ClFO2/c17-12-4-5-13(14(18)9-12)10-2-1-3-11(8-10)16(6-7-16)15(19)20/h1-5,8-9H,6-7H2,(H,19,20). The molecule has 0 amide bonds. The van der Waals surface area contributed by atoms with Crippen LogP contribution in [0.15, 0.2) is 42.5 Å². The Morgan fingerprint density at radius 1 is 1.20 bits per heavy atom. The predicted octanol–water partition coefficient (Wildman–Crippen LogP) is 4.26. The molecule has 0 atom stereocenters. The van der Waals surface area contributed by atoms with E-state index in [4.69, 9.17) is 11.6 Å². The maximum Gasteiger partial charge on any atom is 0.314 e. The van der Waals surface area contributed by atoms with Crippen molar-refractivity contribution in [2.45, 2.75) is 18.3 Å². The molecule has 2 aromatic rings. The number of benzene rings is 2. The zero-order valence-corrected chi connectivity index (χ0v) is 11.3. The molecule has 1 aliphatic rings. The van der Waals surface area contributed by atoms with E-state index in [1.54, 1.807) is 36.4 Å². The molecule has 0 spiro atoms. The molecular formula is C16H12ClFO2. The molecule has 4 heteroatoms. The third-order valence-corrected chi connectivity index (χ3v) is 4.05. The normalized spacial score (nSPS) is 15.9. The van der Waals surface area contributed by atoms with E-state index < -0.39 is 17.2 Å². The third kappa shape index (κ3) is 2.08. The lowest BCUT2D eigenvalue weighted by atomic mass is 9.92. The zero-order valence-electron chi connectivity index (χ0n) is 10.6. The fourth-order valence-corrected chi connectivity index (χ4v) is 2.62. The lowest BCUT2D eigenvalue weighted by Crippen LogP contribution is -2.19. The average Bonchev–Trinajstić information content (AvgIpc) is 3.20. The number of carbonyl (C=O) groups is 1. The molecule has 0 aromatic heterocycles. The van der Waals surface area contributed by atoms with Gasteiger partial charge in [-0.15, -0.1) is 0 Å². The number of rotatable bonds is 3. The molecule has 0 bridgehead atoms. The minimum Gasteiger partial charge on any atom is -0.481 e. The Morgan fingerprint density at radius 3 is 2.55 bits per heavy atom. The first-order valence-corrected chi connectivity index (χ1v) is 6.70. The molecule has 0 aliphatic heterocycles. The Bertz CT molecular complexity index is 693. The Morgan fingerprint density at radius 2 is 1.95 bits per heavy atom. The first kappa shape index (κ1) is 13.1. The van der Waals surface area contributed by atoms with Crippen molar-refractivity contribution < 1.29 is 14.3 Å². The molecule has 1 N–H and O–H groups in total. The highest BCUT2D eigenvalue weighted by Gasteiger charge is 2.51. The van der Waals surface area contributed by atoms with Crippen molar-refractivity contribution in [1.29, 1.82) is 0 Å². The zero-order chi connectivity index (χ0) is 14.3. The average molecular weight is 291 g/mol. The molecule has 2 nitrogen and oxygen atoms in total. The van der Waals surface area contributed by atoms with Crippen molar-refractivity contribution in [3.8, 4) is 11.1 Å². The number of hydrogen-bond donors (Lipinski definition) is 1. The first-order chi connectivity index (χ1) is 9.53. The van der Waals surface area contributed by atoms with E-state index in [1.165, 1.54) is 6.07 Å². The summed E-state index contributed by atoms with van der Waals surface area (Å²) in [5, 5.41) is 9.66. The van der Waals surface area contributed by atoms with Crippen LogP contribution in [-0.4, -0.2) is 11.1 Å². The van der Waals surface area contributed by atoms with Gasteiger partial charge in [0, 0.05) is 10.6 Å². The van der Waals surface area contributed by atoms with Crippen LogP contribution in [0.2, 0.25) is 5.02 Å². The van der Waals surface area contributed by atoms with Gasteiger partial charge in [0.25, 0.3) is 0 Å². The quantitative estimate of drug-likeness (QED) is 0.917. The van der Waals surface area contributed by atoms with Gasteiger partial charge < -0.3 is 5.11 Å². The summed E-state index contributed by atoms with van der Waals surface area (Å²) in [4.78, 5) is 11.4. The van der Waals surface area contributed by atoms with E-state index in [-0.39, 0.29) is 0 Å². The van der Waals surface area contributed by atoms with Crippen LogP contribution in [-0.2, 0) is 10.2 Å². The Labute approximate surface area is 120 Å². The summed E-state index contributed by atoms with van der Waals surface area (Å²) in [5.74, 6) is -1.22. The van der Waals surface area contributed by atoms with Crippen LogP contribution >= 0.6 is 11.6 Å². The number of carboxylic acids is 1. The van der Waals surface area contributed by atoms with Crippen LogP contribution in [0.25, 0.3) is 11.1 Å². The number of halogens is 2. The van der Waals surface area contributed by atoms with Crippen molar-refractivity contribution in [3.05, 3.63) is 58.9 Å². The fraction of sp³-hybridized carbons (Fsp3) is 0.188. The lowest BCUT2D eigenvalue weighted by Gasteiger charge is -2.12. The second-order valence-corrected chi connectivity index (χ2v) is 5.53. The molecule has 1 saturated carbocycles.